The molecule has 174 valence electrons. The van der Waals surface area contributed by atoms with E-state index in [1.807, 2.05) is 0 Å². The molecule has 3 rings (SSSR count). The van der Waals surface area contributed by atoms with Crippen LogP contribution in [0, 0.1) is 0 Å². The average Bonchev–Trinajstić information content (AvgIpc) is 3.13. The van der Waals surface area contributed by atoms with Crippen LogP contribution < -0.4 is 25.1 Å². The molecule has 0 bridgehead atoms. The monoisotopic (exact) mass is 504 g/mol. The van der Waals surface area contributed by atoms with Crippen molar-refractivity contribution in [2.24, 2.45) is 0 Å². The van der Waals surface area contributed by atoms with Crippen molar-refractivity contribution in [3.63, 3.8) is 0 Å². The minimum absolute atomic E-state index is 0.0384. The van der Waals surface area contributed by atoms with Gasteiger partial charge in [0.25, 0.3) is 21.2 Å². The highest BCUT2D eigenvalue weighted by Gasteiger charge is 2.45. The van der Waals surface area contributed by atoms with Gasteiger partial charge in [-0.2, -0.15) is 0 Å². The first-order valence-electron chi connectivity index (χ1n) is 7.82. The number of aromatic nitrogens is 4. The zero-order valence-electron chi connectivity index (χ0n) is 14.6. The van der Waals surface area contributed by atoms with Gasteiger partial charge in [-0.3, -0.25) is 22.8 Å². The summed E-state index contributed by atoms with van der Waals surface area (Å²) in [5.74, 6) is 0. The minimum Gasteiger partial charge on any atom is -0.790 e. The number of aliphatic hydroxyl groups excluding tert-OH is 2. The highest BCUT2D eigenvalue weighted by atomic mass is 31.3. The maximum Gasteiger partial charge on any atom is 0.278 e. The molecule has 2 aromatic heterocycles. The van der Waals surface area contributed by atoms with Crippen LogP contribution in [0.15, 0.2) is 17.4 Å². The largest absolute Gasteiger partial charge is 0.790 e. The number of hydrogen-bond acceptors (Lipinski definition) is 16. The quantitative estimate of drug-likeness (QED) is 0.286. The summed E-state index contributed by atoms with van der Waals surface area (Å²) in [5, 5.41) is 20.3. The number of aliphatic hydroxyl groups is 2. The van der Waals surface area contributed by atoms with E-state index in [0.29, 0.717) is 0 Å². The topological polar surface area (TPSA) is 284 Å². The van der Waals surface area contributed by atoms with Gasteiger partial charge >= 0.3 is 0 Å². The number of phosphoric acid groups is 3. The standard InChI is InChI=1S/C10H15N4O14P3/c15-6-4(1-25-30(21,22)28-31(23,24)27-29(18,19)20)26-10(7(6)16)14-3-13-5-8(14)11-2-12-9(5)17/h2-4,6-7,10,15-16H,1H2,(H,21,22)(H,23,24)(H,11,12,17)(H2,18,19,20)/p-4/t4-,6+,7-,10-/m0/s1. The maximum atomic E-state index is 11.7. The lowest BCUT2D eigenvalue weighted by Gasteiger charge is -2.37. The fourth-order valence-corrected chi connectivity index (χ4v) is 5.46. The predicted molar refractivity (Wildman–Crippen MR) is 85.0 cm³/mol. The molecule has 18 nitrogen and oxygen atoms in total. The molecule has 3 heterocycles. The van der Waals surface area contributed by atoms with Crippen LogP contribution in [-0.4, -0.2) is 54.7 Å². The van der Waals surface area contributed by atoms with Crippen LogP contribution in [0.1, 0.15) is 6.23 Å². The number of fused-ring (bicyclic) bond motifs is 1. The van der Waals surface area contributed by atoms with Crippen LogP contribution in [0.4, 0.5) is 0 Å². The molecular weight excluding hydrogens is 493 g/mol. The summed E-state index contributed by atoms with van der Waals surface area (Å²) >= 11 is 0. The number of rotatable bonds is 8. The molecule has 31 heavy (non-hydrogen) atoms. The Hall–Kier alpha value is -1.36. The molecule has 3 N–H and O–H groups in total. The summed E-state index contributed by atoms with van der Waals surface area (Å²) in [6, 6.07) is 0. The number of nitrogens with zero attached hydrogens (tertiary/aromatic N) is 3. The highest BCUT2D eigenvalue weighted by molar-refractivity contribution is 7.64. The number of hydrogen-bond donors (Lipinski definition) is 3. The summed E-state index contributed by atoms with van der Waals surface area (Å²) in [7, 11) is -18.1. The van der Waals surface area contributed by atoms with Gasteiger partial charge in [-0.1, -0.05) is 0 Å². The zero-order chi connectivity index (χ0) is 23.2. The molecule has 6 atom stereocenters. The average molecular weight is 504 g/mol. The van der Waals surface area contributed by atoms with Crippen molar-refractivity contribution in [2.45, 2.75) is 24.5 Å². The number of phosphoric ester groups is 1. The molecule has 1 saturated heterocycles. The predicted octanol–water partition coefficient (Wildman–Crippen LogP) is -4.45. The Morgan fingerprint density at radius 2 is 1.77 bits per heavy atom. The van der Waals surface area contributed by atoms with E-state index in [1.54, 1.807) is 0 Å². The van der Waals surface area contributed by atoms with Crippen molar-refractivity contribution in [3.8, 4) is 0 Å². The first kappa shape index (κ1) is 24.3. The summed E-state index contributed by atoms with van der Waals surface area (Å²) in [5.41, 5.74) is -0.764. The van der Waals surface area contributed by atoms with Crippen LogP contribution >= 0.6 is 23.5 Å². The molecule has 0 amide bonds. The second kappa shape index (κ2) is 8.53. The van der Waals surface area contributed by atoms with Gasteiger partial charge in [-0.25, -0.2) is 14.3 Å². The number of imidazole rings is 1. The van der Waals surface area contributed by atoms with Crippen LogP contribution in [0.2, 0.25) is 0 Å². The van der Waals surface area contributed by atoms with Crippen LogP contribution in [0.3, 0.4) is 0 Å². The second-order valence-electron chi connectivity index (χ2n) is 5.90. The molecule has 21 heteroatoms. The molecule has 0 spiro atoms. The minimum atomic E-state index is -6.15. The van der Waals surface area contributed by atoms with E-state index < -0.39 is 60.2 Å². The van der Waals surface area contributed by atoms with Gasteiger partial charge in [0, 0.05) is 0 Å². The van der Waals surface area contributed by atoms with E-state index in [1.165, 1.54) is 0 Å². The lowest BCUT2D eigenvalue weighted by atomic mass is 10.1. The van der Waals surface area contributed by atoms with E-state index in [2.05, 4.69) is 28.1 Å². The van der Waals surface area contributed by atoms with Gasteiger partial charge in [-0.15, -0.1) is 0 Å². The maximum absolute atomic E-state index is 11.7. The molecule has 0 aliphatic carbocycles. The Morgan fingerprint density at radius 3 is 2.42 bits per heavy atom. The van der Waals surface area contributed by atoms with Gasteiger partial charge in [0.1, 0.15) is 18.3 Å². The number of ether oxygens (including phenoxy) is 1. The van der Waals surface area contributed by atoms with Crippen LogP contribution in [0.5, 0.6) is 0 Å². The molecule has 0 saturated carbocycles. The molecular formula is C10H11N4O14P3-4. The molecule has 0 aromatic carbocycles. The van der Waals surface area contributed by atoms with E-state index in [-0.39, 0.29) is 11.2 Å². The lowest BCUT2D eigenvalue weighted by molar-refractivity contribution is -0.339. The lowest BCUT2D eigenvalue weighted by Crippen LogP contribution is -2.34. The summed E-state index contributed by atoms with van der Waals surface area (Å²) in [4.78, 5) is 64.9. The van der Waals surface area contributed by atoms with E-state index in [0.717, 1.165) is 17.2 Å². The first-order chi connectivity index (χ1) is 14.2. The van der Waals surface area contributed by atoms with Crippen molar-refractivity contribution in [2.75, 3.05) is 6.61 Å². The Bertz CT molecular complexity index is 1160. The molecule has 2 unspecified atom stereocenters. The van der Waals surface area contributed by atoms with Crippen molar-refractivity contribution < 1.29 is 61.4 Å². The molecule has 1 aliphatic rings. The van der Waals surface area contributed by atoms with Crippen molar-refractivity contribution in [1.82, 2.24) is 19.5 Å². The molecule has 1 aliphatic heterocycles. The third kappa shape index (κ3) is 5.71. The van der Waals surface area contributed by atoms with E-state index >= 15 is 0 Å². The van der Waals surface area contributed by atoms with Crippen molar-refractivity contribution in [1.29, 1.82) is 0 Å². The third-order valence-corrected chi connectivity index (χ3v) is 7.44. The highest BCUT2D eigenvalue weighted by Crippen LogP contribution is 2.60. The summed E-state index contributed by atoms with van der Waals surface area (Å²) in [6.07, 6.45) is -4.35. The van der Waals surface area contributed by atoms with Crippen molar-refractivity contribution >= 4 is 34.6 Å². The molecule has 0 radical (unpaired) electrons. The Balaban J connectivity index is 1.70. The number of nitrogens with one attached hydrogen (secondary N) is 1. The zero-order valence-corrected chi connectivity index (χ0v) is 17.3. The molecule has 1 fully saturated rings. The van der Waals surface area contributed by atoms with E-state index in [4.69, 9.17) is 4.74 Å². The third-order valence-electron chi connectivity index (χ3n) is 3.77. The Labute approximate surface area is 170 Å². The molecule has 2 aromatic rings. The van der Waals surface area contributed by atoms with E-state index in [9.17, 15) is 48.3 Å². The first-order valence-corrected chi connectivity index (χ1v) is 12.2. The van der Waals surface area contributed by atoms with Crippen molar-refractivity contribution in [3.05, 3.63) is 23.0 Å². The van der Waals surface area contributed by atoms with Crippen LogP contribution in [-0.2, 0) is 31.6 Å². The fourth-order valence-electron chi connectivity index (χ4n) is 2.59. The normalized spacial score (nSPS) is 28.5. The van der Waals surface area contributed by atoms with Gasteiger partial charge < -0.3 is 48.6 Å². The summed E-state index contributed by atoms with van der Waals surface area (Å²) in [6.45, 7) is -1.11. The van der Waals surface area contributed by atoms with Gasteiger partial charge in [0.15, 0.2) is 17.4 Å². The van der Waals surface area contributed by atoms with Gasteiger partial charge in [0.2, 0.25) is 0 Å². The Morgan fingerprint density at radius 1 is 1.10 bits per heavy atom. The second-order valence-corrected chi connectivity index (χ2v) is 10.2. The van der Waals surface area contributed by atoms with Gasteiger partial charge in [0.05, 0.1) is 27.1 Å². The number of H-pyrrole nitrogens is 1. The smallest absolute Gasteiger partial charge is 0.278 e. The van der Waals surface area contributed by atoms with Crippen LogP contribution in [0.25, 0.3) is 11.2 Å². The van der Waals surface area contributed by atoms with Gasteiger partial charge in [-0.05, 0) is 0 Å². The Kier molecular flexibility index (Phi) is 6.68. The fraction of sp³-hybridized carbons (Fsp3) is 0.500. The summed E-state index contributed by atoms with van der Waals surface area (Å²) < 4.78 is 50.0. The SMILES string of the molecule is O=c1[nH]cnc2c1ncn2[C@H]1O[C@@H](COP(=O)([O-])OP(=O)([O-])OP(=O)([O-])[O-])[C@@H](O)[C@@H]1O. The number of aromatic amines is 1.